The zero-order valence-electron chi connectivity index (χ0n) is 15.1. The van der Waals surface area contributed by atoms with Gasteiger partial charge in [0.05, 0.1) is 17.2 Å². The number of aryl methyl sites for hydroxylation is 1. The molecule has 1 fully saturated rings. The van der Waals surface area contributed by atoms with Crippen molar-refractivity contribution in [1.82, 2.24) is 20.5 Å². The summed E-state index contributed by atoms with van der Waals surface area (Å²) in [6.45, 7) is 5.83. The molecule has 2 N–H and O–H groups in total. The van der Waals surface area contributed by atoms with E-state index in [1.165, 1.54) is 0 Å². The van der Waals surface area contributed by atoms with E-state index in [9.17, 15) is 9.59 Å². The number of likely N-dealkylation sites (N-methyl/N-ethyl adjacent to an activating group) is 1. The Kier molecular flexibility index (Phi) is 6.00. The highest BCUT2D eigenvalue weighted by Gasteiger charge is 2.37. The second kappa shape index (κ2) is 8.42. The number of rotatable bonds is 6. The molecule has 3 rings (SSSR count). The first-order chi connectivity index (χ1) is 12.6. The molecule has 0 radical (unpaired) electrons. The third kappa shape index (κ3) is 4.28. The Morgan fingerprint density at radius 3 is 2.73 bits per heavy atom. The fourth-order valence-corrected chi connectivity index (χ4v) is 4.07. The summed E-state index contributed by atoms with van der Waals surface area (Å²) in [7, 11) is 0. The highest BCUT2D eigenvalue weighted by Crippen LogP contribution is 2.24. The van der Waals surface area contributed by atoms with Crippen LogP contribution in [0.1, 0.15) is 34.3 Å². The van der Waals surface area contributed by atoms with Gasteiger partial charge in [0, 0.05) is 36.1 Å². The molecule has 1 saturated heterocycles. The maximum Gasteiger partial charge on any atom is 0.251 e. The van der Waals surface area contributed by atoms with Crippen molar-refractivity contribution in [3.8, 4) is 0 Å². The Morgan fingerprint density at radius 1 is 1.31 bits per heavy atom. The molecule has 0 aliphatic carbocycles. The molecular formula is C19H24N4O2S. The third-order valence-corrected chi connectivity index (χ3v) is 5.54. The molecule has 0 bridgehead atoms. The summed E-state index contributed by atoms with van der Waals surface area (Å²) in [5.74, 6) is -0.0767. The maximum atomic E-state index is 12.5. The van der Waals surface area contributed by atoms with Gasteiger partial charge in [0.25, 0.3) is 5.91 Å². The number of carbonyl (C=O) groups excluding carboxylic acids is 2. The normalized spacial score (nSPS) is 20.1. The smallest absolute Gasteiger partial charge is 0.251 e. The van der Waals surface area contributed by atoms with Crippen LogP contribution in [0.2, 0.25) is 0 Å². The maximum absolute atomic E-state index is 12.5. The molecule has 138 valence electrons. The van der Waals surface area contributed by atoms with Gasteiger partial charge in [0.2, 0.25) is 5.91 Å². The second-order valence-electron chi connectivity index (χ2n) is 6.47. The van der Waals surface area contributed by atoms with Gasteiger partial charge in [-0.25, -0.2) is 4.98 Å². The Labute approximate surface area is 157 Å². The number of carbonyl (C=O) groups is 2. The number of thiazole rings is 1. The first-order valence-corrected chi connectivity index (χ1v) is 9.73. The van der Waals surface area contributed by atoms with Gasteiger partial charge in [0.1, 0.15) is 0 Å². The molecule has 2 amide bonds. The quantitative estimate of drug-likeness (QED) is 0.813. The largest absolute Gasteiger partial charge is 0.355 e. The van der Waals surface area contributed by atoms with Crippen LogP contribution in [0.3, 0.4) is 0 Å². The van der Waals surface area contributed by atoms with Crippen LogP contribution in [-0.2, 0) is 11.3 Å². The lowest BCUT2D eigenvalue weighted by Gasteiger charge is -2.22. The highest BCUT2D eigenvalue weighted by molar-refractivity contribution is 7.09. The number of nitrogens with one attached hydrogen (secondary N) is 2. The van der Waals surface area contributed by atoms with Crippen LogP contribution < -0.4 is 10.6 Å². The summed E-state index contributed by atoms with van der Waals surface area (Å²) in [6, 6.07) is 8.88. The number of hydrogen-bond donors (Lipinski definition) is 2. The molecule has 7 heteroatoms. The zero-order chi connectivity index (χ0) is 18.5. The zero-order valence-corrected chi connectivity index (χ0v) is 15.9. The van der Waals surface area contributed by atoms with E-state index in [1.54, 1.807) is 23.5 Å². The number of benzene rings is 1. The van der Waals surface area contributed by atoms with Crippen molar-refractivity contribution >= 4 is 23.2 Å². The van der Waals surface area contributed by atoms with Gasteiger partial charge in [-0.15, -0.1) is 11.3 Å². The summed E-state index contributed by atoms with van der Waals surface area (Å²) >= 11 is 1.60. The van der Waals surface area contributed by atoms with Crippen molar-refractivity contribution in [2.75, 3.05) is 13.1 Å². The van der Waals surface area contributed by atoms with Crippen LogP contribution in [0.4, 0.5) is 0 Å². The summed E-state index contributed by atoms with van der Waals surface area (Å²) in [5.41, 5.74) is 3.47. The van der Waals surface area contributed by atoms with Gasteiger partial charge in [-0.05, 0) is 32.4 Å². The van der Waals surface area contributed by atoms with Crippen LogP contribution in [0, 0.1) is 6.92 Å². The van der Waals surface area contributed by atoms with Crippen LogP contribution in [-0.4, -0.2) is 46.9 Å². The van der Waals surface area contributed by atoms with Crippen LogP contribution in [0.25, 0.3) is 0 Å². The monoisotopic (exact) mass is 372 g/mol. The number of nitrogens with zero attached hydrogens (tertiary/aromatic N) is 2. The van der Waals surface area contributed by atoms with Gasteiger partial charge in [-0.3, -0.25) is 14.5 Å². The summed E-state index contributed by atoms with van der Waals surface area (Å²) in [4.78, 5) is 32.5. The Morgan fingerprint density at radius 2 is 2.08 bits per heavy atom. The molecule has 1 aromatic carbocycles. The Hall–Kier alpha value is -2.25. The molecule has 0 unspecified atom stereocenters. The van der Waals surface area contributed by atoms with E-state index in [2.05, 4.69) is 20.5 Å². The van der Waals surface area contributed by atoms with Crippen molar-refractivity contribution in [2.24, 2.45) is 0 Å². The first kappa shape index (κ1) is 18.5. The number of amides is 2. The predicted octanol–water partition coefficient (Wildman–Crippen LogP) is 1.96. The summed E-state index contributed by atoms with van der Waals surface area (Å²) in [6.07, 6.45) is 0.613. The molecule has 6 nitrogen and oxygen atoms in total. The minimum absolute atomic E-state index is 0.0196. The minimum Gasteiger partial charge on any atom is -0.355 e. The third-order valence-electron chi connectivity index (χ3n) is 4.62. The number of aromatic nitrogens is 1. The van der Waals surface area contributed by atoms with E-state index >= 15 is 0 Å². The SMILES string of the molecule is CCNC(=O)[C@@H]1C[C@H](NC(=O)c2ccccc2)CN1Cc1scnc1C. The van der Waals surface area contributed by atoms with E-state index in [0.29, 0.717) is 31.6 Å². The Bertz CT molecular complexity index is 762. The molecule has 1 aliphatic rings. The lowest BCUT2D eigenvalue weighted by atomic mass is 10.1. The molecule has 1 aliphatic heterocycles. The molecule has 2 aromatic rings. The van der Waals surface area contributed by atoms with Crippen LogP contribution in [0.15, 0.2) is 35.8 Å². The van der Waals surface area contributed by atoms with Crippen molar-refractivity contribution in [1.29, 1.82) is 0 Å². The fraction of sp³-hybridized carbons (Fsp3) is 0.421. The molecule has 2 atom stereocenters. The standard InChI is InChI=1S/C19H24N4O2S/c1-3-20-19(25)16-9-15(22-18(24)14-7-5-4-6-8-14)10-23(16)11-17-13(2)21-12-26-17/h4-8,12,15-16H,3,9-11H2,1-2H3,(H,20,25)(H,22,24)/t15-,16-/m0/s1. The fourth-order valence-electron chi connectivity index (χ4n) is 3.27. The first-order valence-electron chi connectivity index (χ1n) is 8.85. The average molecular weight is 372 g/mol. The number of likely N-dealkylation sites (tertiary alicyclic amines) is 1. The highest BCUT2D eigenvalue weighted by atomic mass is 32.1. The van der Waals surface area contributed by atoms with E-state index < -0.39 is 0 Å². The van der Waals surface area contributed by atoms with Crippen molar-refractivity contribution in [2.45, 2.75) is 38.9 Å². The minimum atomic E-state index is -0.238. The summed E-state index contributed by atoms with van der Waals surface area (Å²) in [5, 5.41) is 5.99. The van der Waals surface area contributed by atoms with E-state index in [-0.39, 0.29) is 23.9 Å². The number of hydrogen-bond acceptors (Lipinski definition) is 5. The summed E-state index contributed by atoms with van der Waals surface area (Å²) < 4.78 is 0. The lowest BCUT2D eigenvalue weighted by Crippen LogP contribution is -2.42. The molecule has 0 spiro atoms. The van der Waals surface area contributed by atoms with Gasteiger partial charge < -0.3 is 10.6 Å². The van der Waals surface area contributed by atoms with Gasteiger partial charge >= 0.3 is 0 Å². The lowest BCUT2D eigenvalue weighted by molar-refractivity contribution is -0.125. The second-order valence-corrected chi connectivity index (χ2v) is 7.41. The van der Waals surface area contributed by atoms with E-state index in [4.69, 9.17) is 0 Å². The average Bonchev–Trinajstić information content (AvgIpc) is 3.22. The topological polar surface area (TPSA) is 74.3 Å². The van der Waals surface area contributed by atoms with Crippen LogP contribution in [0.5, 0.6) is 0 Å². The van der Waals surface area contributed by atoms with E-state index in [0.717, 1.165) is 10.6 Å². The van der Waals surface area contributed by atoms with E-state index in [1.807, 2.05) is 37.6 Å². The van der Waals surface area contributed by atoms with Crippen LogP contribution >= 0.6 is 11.3 Å². The van der Waals surface area contributed by atoms with Crippen molar-refractivity contribution < 1.29 is 9.59 Å². The van der Waals surface area contributed by atoms with Gasteiger partial charge in [-0.2, -0.15) is 0 Å². The molecule has 26 heavy (non-hydrogen) atoms. The van der Waals surface area contributed by atoms with Gasteiger partial charge in [-0.1, -0.05) is 18.2 Å². The predicted molar refractivity (Wildman–Crippen MR) is 102 cm³/mol. The Balaban J connectivity index is 1.70. The molecule has 2 heterocycles. The molecule has 0 saturated carbocycles. The molecule has 1 aromatic heterocycles. The molecular weight excluding hydrogens is 348 g/mol. The van der Waals surface area contributed by atoms with Crippen molar-refractivity contribution in [3.63, 3.8) is 0 Å². The van der Waals surface area contributed by atoms with Gasteiger partial charge in [0.15, 0.2) is 0 Å². The van der Waals surface area contributed by atoms with Crippen molar-refractivity contribution in [3.05, 3.63) is 52.0 Å².